The van der Waals surface area contributed by atoms with Crippen LogP contribution in [0, 0.1) is 0 Å². The van der Waals surface area contributed by atoms with Gasteiger partial charge in [0, 0.05) is 25.6 Å². The van der Waals surface area contributed by atoms with Crippen LogP contribution in [0.5, 0.6) is 0 Å². The first-order valence-corrected chi connectivity index (χ1v) is 8.75. The summed E-state index contributed by atoms with van der Waals surface area (Å²) < 4.78 is 5.91. The Kier molecular flexibility index (Phi) is 5.83. The first-order valence-electron chi connectivity index (χ1n) is 8.75. The molecule has 1 saturated heterocycles. The number of carbonyl (C=O) groups excluding carboxylic acids is 1. The molecule has 1 aromatic carbocycles. The third-order valence-electron chi connectivity index (χ3n) is 4.67. The molecule has 1 aliphatic rings. The van der Waals surface area contributed by atoms with Crippen molar-refractivity contribution in [3.8, 4) is 0 Å². The number of amides is 1. The average Bonchev–Trinajstić information content (AvgIpc) is 3.16. The van der Waals surface area contributed by atoms with E-state index in [0.717, 1.165) is 24.0 Å². The van der Waals surface area contributed by atoms with Crippen LogP contribution in [0.15, 0.2) is 42.7 Å². The monoisotopic (exact) mass is 343 g/mol. The van der Waals surface area contributed by atoms with Crippen molar-refractivity contribution >= 4 is 5.91 Å². The lowest BCUT2D eigenvalue weighted by atomic mass is 9.93. The SMILES string of the molecule is O=C(CCCc1cn[nH]c1)N1CCO[C@@](CO)(Cc2ccccc2)C1. The summed E-state index contributed by atoms with van der Waals surface area (Å²) in [5.74, 6) is 0.123. The van der Waals surface area contributed by atoms with Gasteiger partial charge in [-0.3, -0.25) is 9.89 Å². The molecule has 6 nitrogen and oxygen atoms in total. The summed E-state index contributed by atoms with van der Waals surface area (Å²) in [6.45, 7) is 1.38. The molecule has 2 aromatic rings. The third-order valence-corrected chi connectivity index (χ3v) is 4.67. The van der Waals surface area contributed by atoms with Gasteiger partial charge in [-0.2, -0.15) is 5.10 Å². The van der Waals surface area contributed by atoms with Gasteiger partial charge in [0.05, 0.1) is 26.0 Å². The molecule has 25 heavy (non-hydrogen) atoms. The van der Waals surface area contributed by atoms with Gasteiger partial charge in [0.2, 0.25) is 5.91 Å². The van der Waals surface area contributed by atoms with Gasteiger partial charge < -0.3 is 14.7 Å². The maximum atomic E-state index is 12.5. The number of hydrogen-bond acceptors (Lipinski definition) is 4. The zero-order valence-electron chi connectivity index (χ0n) is 14.4. The number of carbonyl (C=O) groups is 1. The molecule has 0 radical (unpaired) electrons. The Morgan fingerprint density at radius 1 is 1.32 bits per heavy atom. The molecule has 0 unspecified atom stereocenters. The second-order valence-electron chi connectivity index (χ2n) is 6.63. The van der Waals surface area contributed by atoms with Crippen LogP contribution in [0.3, 0.4) is 0 Å². The van der Waals surface area contributed by atoms with Crippen LogP contribution in [-0.2, 0) is 22.4 Å². The van der Waals surface area contributed by atoms with Gasteiger partial charge in [0.25, 0.3) is 0 Å². The number of H-pyrrole nitrogens is 1. The van der Waals surface area contributed by atoms with Crippen LogP contribution in [0.25, 0.3) is 0 Å². The Bertz CT molecular complexity index is 660. The van der Waals surface area contributed by atoms with E-state index < -0.39 is 5.60 Å². The maximum absolute atomic E-state index is 12.5. The van der Waals surface area contributed by atoms with Gasteiger partial charge in [0.15, 0.2) is 0 Å². The Morgan fingerprint density at radius 2 is 2.16 bits per heavy atom. The lowest BCUT2D eigenvalue weighted by molar-refractivity contribution is -0.158. The second-order valence-corrected chi connectivity index (χ2v) is 6.63. The maximum Gasteiger partial charge on any atom is 0.222 e. The molecule has 0 saturated carbocycles. The largest absolute Gasteiger partial charge is 0.393 e. The predicted octanol–water partition coefficient (Wildman–Crippen LogP) is 1.56. The molecule has 3 rings (SSSR count). The predicted molar refractivity (Wildman–Crippen MR) is 94.0 cm³/mol. The number of ether oxygens (including phenoxy) is 1. The number of rotatable bonds is 7. The quantitative estimate of drug-likeness (QED) is 0.800. The Labute approximate surface area is 147 Å². The molecule has 1 aliphatic heterocycles. The number of nitrogens with one attached hydrogen (secondary N) is 1. The summed E-state index contributed by atoms with van der Waals surface area (Å²) in [6, 6.07) is 9.95. The summed E-state index contributed by atoms with van der Waals surface area (Å²) in [6.07, 6.45) is 6.37. The highest BCUT2D eigenvalue weighted by atomic mass is 16.5. The molecule has 6 heteroatoms. The average molecular weight is 343 g/mol. The van der Waals surface area contributed by atoms with Gasteiger partial charge in [-0.25, -0.2) is 0 Å². The van der Waals surface area contributed by atoms with Crippen LogP contribution >= 0.6 is 0 Å². The minimum Gasteiger partial charge on any atom is -0.393 e. The van der Waals surface area contributed by atoms with E-state index in [2.05, 4.69) is 10.2 Å². The third kappa shape index (κ3) is 4.67. The van der Waals surface area contributed by atoms with E-state index in [1.807, 2.05) is 41.4 Å². The molecule has 1 amide bonds. The van der Waals surface area contributed by atoms with E-state index in [9.17, 15) is 9.90 Å². The first kappa shape index (κ1) is 17.6. The highest BCUT2D eigenvalue weighted by Gasteiger charge is 2.37. The van der Waals surface area contributed by atoms with E-state index in [1.54, 1.807) is 6.20 Å². The van der Waals surface area contributed by atoms with Crippen molar-refractivity contribution in [1.82, 2.24) is 15.1 Å². The molecule has 1 fully saturated rings. The van der Waals surface area contributed by atoms with Gasteiger partial charge in [-0.05, 0) is 24.0 Å². The summed E-state index contributed by atoms with van der Waals surface area (Å²) in [4.78, 5) is 14.4. The van der Waals surface area contributed by atoms with Crippen molar-refractivity contribution in [3.63, 3.8) is 0 Å². The molecule has 0 spiro atoms. The number of aromatic nitrogens is 2. The van der Waals surface area contributed by atoms with Crippen LogP contribution in [0.1, 0.15) is 24.0 Å². The van der Waals surface area contributed by atoms with E-state index in [0.29, 0.717) is 32.5 Å². The highest BCUT2D eigenvalue weighted by Crippen LogP contribution is 2.23. The molecular formula is C19H25N3O3. The number of aliphatic hydroxyl groups is 1. The van der Waals surface area contributed by atoms with Crippen molar-refractivity contribution in [1.29, 1.82) is 0 Å². The van der Waals surface area contributed by atoms with Crippen molar-refractivity contribution in [2.75, 3.05) is 26.3 Å². The fourth-order valence-electron chi connectivity index (χ4n) is 3.30. The number of aryl methyl sites for hydroxylation is 1. The van der Waals surface area contributed by atoms with Gasteiger partial charge >= 0.3 is 0 Å². The van der Waals surface area contributed by atoms with Gasteiger partial charge in [-0.15, -0.1) is 0 Å². The van der Waals surface area contributed by atoms with Crippen LogP contribution < -0.4 is 0 Å². The molecular weight excluding hydrogens is 318 g/mol. The fourth-order valence-corrected chi connectivity index (χ4v) is 3.30. The van der Waals surface area contributed by atoms with Crippen LogP contribution in [0.4, 0.5) is 0 Å². The lowest BCUT2D eigenvalue weighted by Crippen LogP contribution is -2.56. The van der Waals surface area contributed by atoms with Gasteiger partial charge in [-0.1, -0.05) is 30.3 Å². The Balaban J connectivity index is 1.55. The molecule has 134 valence electrons. The molecule has 1 aromatic heterocycles. The van der Waals surface area contributed by atoms with E-state index >= 15 is 0 Å². The lowest BCUT2D eigenvalue weighted by Gasteiger charge is -2.42. The van der Waals surface area contributed by atoms with Crippen LogP contribution in [0.2, 0.25) is 0 Å². The van der Waals surface area contributed by atoms with Crippen LogP contribution in [-0.4, -0.2) is 58.0 Å². The number of benzene rings is 1. The zero-order valence-corrected chi connectivity index (χ0v) is 14.4. The topological polar surface area (TPSA) is 78.5 Å². The Morgan fingerprint density at radius 3 is 2.88 bits per heavy atom. The summed E-state index contributed by atoms with van der Waals surface area (Å²) in [5, 5.41) is 16.6. The zero-order chi connectivity index (χ0) is 17.5. The van der Waals surface area contributed by atoms with Crippen molar-refractivity contribution in [3.05, 3.63) is 53.9 Å². The smallest absolute Gasteiger partial charge is 0.222 e. The minimum atomic E-state index is -0.709. The number of aliphatic hydroxyl groups excluding tert-OH is 1. The molecule has 2 N–H and O–H groups in total. The van der Waals surface area contributed by atoms with E-state index in [1.165, 1.54) is 0 Å². The normalized spacial score (nSPS) is 20.6. The Hall–Kier alpha value is -2.18. The number of morpholine rings is 1. The van der Waals surface area contributed by atoms with Crippen molar-refractivity contribution in [2.45, 2.75) is 31.3 Å². The molecule has 0 bridgehead atoms. The summed E-state index contributed by atoms with van der Waals surface area (Å²) >= 11 is 0. The van der Waals surface area contributed by atoms with E-state index in [-0.39, 0.29) is 12.5 Å². The van der Waals surface area contributed by atoms with Crippen molar-refractivity contribution < 1.29 is 14.6 Å². The summed E-state index contributed by atoms with van der Waals surface area (Å²) in [5.41, 5.74) is 1.51. The first-order chi connectivity index (χ1) is 12.2. The number of aromatic amines is 1. The molecule has 0 aliphatic carbocycles. The highest BCUT2D eigenvalue weighted by molar-refractivity contribution is 5.76. The standard InChI is InChI=1S/C19H25N3O3/c23-15-19(11-16-5-2-1-3-6-16)14-22(9-10-25-19)18(24)8-4-7-17-12-20-21-13-17/h1-3,5-6,12-13,23H,4,7-11,14-15H2,(H,20,21)/t19-/m0/s1. The fraction of sp³-hybridized carbons (Fsp3) is 0.474. The number of nitrogens with zero attached hydrogens (tertiary/aromatic N) is 2. The molecule has 1 atom stereocenters. The molecule has 2 heterocycles. The minimum absolute atomic E-state index is 0.0965. The summed E-state index contributed by atoms with van der Waals surface area (Å²) in [7, 11) is 0. The van der Waals surface area contributed by atoms with Crippen molar-refractivity contribution in [2.24, 2.45) is 0 Å². The van der Waals surface area contributed by atoms with Gasteiger partial charge in [0.1, 0.15) is 5.60 Å². The van der Waals surface area contributed by atoms with E-state index in [4.69, 9.17) is 4.74 Å². The number of hydrogen-bond donors (Lipinski definition) is 2. The second kappa shape index (κ2) is 8.27.